The molecule has 6 nitrogen and oxygen atoms in total. The fourth-order valence-corrected chi connectivity index (χ4v) is 3.32. The Hall–Kier alpha value is -1.05. The van der Waals surface area contributed by atoms with Crippen molar-refractivity contribution in [2.75, 3.05) is 31.2 Å². The van der Waals surface area contributed by atoms with Gasteiger partial charge >= 0.3 is 0 Å². The van der Waals surface area contributed by atoms with Crippen LogP contribution in [0.5, 0.6) is 0 Å². The number of aryl methyl sites for hydroxylation is 1. The normalized spacial score (nSPS) is 19.0. The van der Waals surface area contributed by atoms with E-state index in [0.29, 0.717) is 11.2 Å². The minimum absolute atomic E-state index is 0.351. The summed E-state index contributed by atoms with van der Waals surface area (Å²) in [5.41, 5.74) is 1.18. The van der Waals surface area contributed by atoms with E-state index < -0.39 is 0 Å². The van der Waals surface area contributed by atoms with E-state index >= 15 is 0 Å². The lowest BCUT2D eigenvalue weighted by Gasteiger charge is -2.55. The Balaban J connectivity index is 1.75. The zero-order chi connectivity index (χ0) is 14.4. The summed E-state index contributed by atoms with van der Waals surface area (Å²) in [5, 5.41) is 8.23. The Morgan fingerprint density at radius 3 is 2.86 bits per heavy atom. The van der Waals surface area contributed by atoms with Gasteiger partial charge in [-0.05, 0) is 20.1 Å². The van der Waals surface area contributed by atoms with Gasteiger partial charge in [0, 0.05) is 41.3 Å². The van der Waals surface area contributed by atoms with Crippen molar-refractivity contribution < 1.29 is 4.74 Å². The summed E-state index contributed by atoms with van der Waals surface area (Å²) in [5.74, 6) is 4.48. The molecule has 21 heavy (non-hydrogen) atoms. The number of rotatable bonds is 1. The number of nitrogens with zero attached hydrogens (tertiary/aromatic N) is 5. The largest absolute Gasteiger partial charge is 0.380 e. The third kappa shape index (κ3) is 2.18. The van der Waals surface area contributed by atoms with Gasteiger partial charge in [0.25, 0.3) is 0 Å². The van der Waals surface area contributed by atoms with Crippen LogP contribution in [-0.2, 0) is 11.8 Å². The third-order valence-corrected chi connectivity index (χ3v) is 4.78. The van der Waals surface area contributed by atoms with E-state index in [4.69, 9.17) is 4.74 Å². The Morgan fingerprint density at radius 2 is 2.19 bits per heavy atom. The molecule has 0 aromatic carbocycles. The first-order chi connectivity index (χ1) is 10.2. The summed E-state index contributed by atoms with van der Waals surface area (Å²) in [6.07, 6.45) is 1.83. The van der Waals surface area contributed by atoms with Crippen LogP contribution in [0.1, 0.15) is 5.82 Å². The van der Waals surface area contributed by atoms with Crippen LogP contribution in [0.15, 0.2) is 6.20 Å². The Morgan fingerprint density at radius 1 is 1.38 bits per heavy atom. The van der Waals surface area contributed by atoms with Crippen molar-refractivity contribution >= 4 is 47.0 Å². The van der Waals surface area contributed by atoms with Crippen LogP contribution in [0, 0.1) is 16.6 Å². The molecule has 0 N–H and O–H groups in total. The van der Waals surface area contributed by atoms with Gasteiger partial charge < -0.3 is 9.64 Å². The van der Waals surface area contributed by atoms with Gasteiger partial charge in [-0.15, -0.1) is 0 Å². The van der Waals surface area contributed by atoms with Crippen molar-refractivity contribution in [3.05, 3.63) is 12.0 Å². The Kier molecular flexibility index (Phi) is 3.24. The number of aromatic nitrogens is 4. The highest BCUT2D eigenvalue weighted by atomic mass is 127. The van der Waals surface area contributed by atoms with Crippen LogP contribution in [-0.4, -0.2) is 46.1 Å². The summed E-state index contributed by atoms with van der Waals surface area (Å²) in [6.45, 7) is 3.70. The van der Waals surface area contributed by atoms with Crippen molar-refractivity contribution in [3.63, 3.8) is 0 Å². The van der Waals surface area contributed by atoms with Gasteiger partial charge in [-0.2, -0.15) is 5.10 Å². The van der Waals surface area contributed by atoms with Crippen molar-refractivity contribution in [3.8, 4) is 11.2 Å². The summed E-state index contributed by atoms with van der Waals surface area (Å²) in [4.78, 5) is 11.4. The molecule has 2 aliphatic rings. The van der Waals surface area contributed by atoms with Crippen LogP contribution in [0.2, 0.25) is 0 Å². The van der Waals surface area contributed by atoms with Gasteiger partial charge in [0.15, 0.2) is 5.65 Å². The summed E-state index contributed by atoms with van der Waals surface area (Å²) in [7, 11) is 3.32. The van der Waals surface area contributed by atoms with E-state index in [0.717, 1.165) is 43.2 Å². The minimum Gasteiger partial charge on any atom is -0.380 e. The number of fused-ring (bicyclic) bond motifs is 1. The molecule has 108 valence electrons. The van der Waals surface area contributed by atoms with E-state index in [1.165, 1.54) is 8.93 Å². The first-order valence-electron chi connectivity index (χ1n) is 6.52. The average molecular weight is 413 g/mol. The van der Waals surface area contributed by atoms with Gasteiger partial charge in [0.05, 0.1) is 30.2 Å². The predicted molar refractivity (Wildman–Crippen MR) is 90.3 cm³/mol. The molecule has 0 aliphatic carbocycles. The van der Waals surface area contributed by atoms with Crippen LogP contribution < -0.4 is 4.90 Å². The predicted octanol–water partition coefficient (Wildman–Crippen LogP) is 1.59. The number of halogens is 1. The highest BCUT2D eigenvalue weighted by Crippen LogP contribution is 2.41. The quantitative estimate of drug-likeness (QED) is 0.523. The van der Waals surface area contributed by atoms with E-state index in [1.54, 1.807) is 4.68 Å². The van der Waals surface area contributed by atoms with Crippen LogP contribution >= 0.6 is 30.1 Å². The Labute approximate surface area is 138 Å². The molecule has 2 aromatic heterocycles. The maximum atomic E-state index is 5.33. The Bertz CT molecular complexity index is 768. The molecule has 8 heteroatoms. The maximum absolute atomic E-state index is 5.33. The zero-order valence-electron chi connectivity index (χ0n) is 11.3. The van der Waals surface area contributed by atoms with E-state index in [-0.39, 0.29) is 0 Å². The third-order valence-electron chi connectivity index (χ3n) is 3.94. The number of hydrogen-bond donors (Lipinski definition) is 0. The van der Waals surface area contributed by atoms with Gasteiger partial charge in [-0.3, -0.25) is 4.68 Å². The number of ether oxygens (including phenoxy) is 1. The zero-order valence-corrected chi connectivity index (χ0v) is 14.3. The second-order valence-corrected chi connectivity index (χ2v) is 7.21. The molecule has 2 aromatic rings. The van der Waals surface area contributed by atoms with Crippen molar-refractivity contribution in [1.29, 1.82) is 0 Å². The second-order valence-electron chi connectivity index (χ2n) is 5.53. The smallest absolute Gasteiger partial charge is 0.209 e. The lowest BCUT2D eigenvalue weighted by molar-refractivity contribution is -0.127. The lowest BCUT2D eigenvalue weighted by atomic mass is 9.78. The highest BCUT2D eigenvalue weighted by Gasteiger charge is 2.49. The first-order valence-corrected chi connectivity index (χ1v) is 9.88. The molecule has 0 atom stereocenters. The van der Waals surface area contributed by atoms with Crippen molar-refractivity contribution in [2.45, 2.75) is 0 Å². The topological polar surface area (TPSA) is 56.1 Å². The molecule has 0 amide bonds. The van der Waals surface area contributed by atoms with Crippen LogP contribution in [0.3, 0.4) is 0 Å². The van der Waals surface area contributed by atoms with E-state index in [9.17, 15) is 0 Å². The molecule has 2 saturated heterocycles. The van der Waals surface area contributed by atoms with E-state index in [1.807, 2.05) is 13.2 Å². The van der Waals surface area contributed by atoms with Gasteiger partial charge in [-0.1, -0.05) is 0 Å². The van der Waals surface area contributed by atoms with Gasteiger partial charge in [0.2, 0.25) is 5.82 Å². The average Bonchev–Trinajstić information content (AvgIpc) is 2.75. The van der Waals surface area contributed by atoms with Crippen molar-refractivity contribution in [2.24, 2.45) is 12.5 Å². The molecule has 2 fully saturated rings. The monoisotopic (exact) mass is 413 g/mol. The van der Waals surface area contributed by atoms with E-state index in [2.05, 4.69) is 52.3 Å². The number of anilines is 1. The minimum atomic E-state index is 0.351. The lowest BCUT2D eigenvalue weighted by Crippen LogP contribution is -2.66. The molecule has 0 unspecified atom stereocenters. The molecular formula is C13H12IN5OS. The summed E-state index contributed by atoms with van der Waals surface area (Å²) >= 11 is 2.14. The molecule has 4 heterocycles. The van der Waals surface area contributed by atoms with Crippen LogP contribution in [0.4, 0.5) is 5.82 Å². The van der Waals surface area contributed by atoms with Gasteiger partial charge in [-0.25, -0.2) is 9.97 Å². The van der Waals surface area contributed by atoms with Gasteiger partial charge in [0.1, 0.15) is 5.82 Å². The molecule has 4 rings (SSSR count). The molecule has 0 radical (unpaired) electrons. The second kappa shape index (κ2) is 5.00. The SMILES string of the molecule is Cn1ncc2c(N3CC4(COC4)C3)nc(C#CSI)nc21. The molecule has 2 aliphatic heterocycles. The molecule has 0 saturated carbocycles. The van der Waals surface area contributed by atoms with Crippen molar-refractivity contribution in [1.82, 2.24) is 19.7 Å². The molecule has 0 bridgehead atoms. The highest BCUT2D eigenvalue weighted by molar-refractivity contribution is 14.2. The summed E-state index contributed by atoms with van der Waals surface area (Å²) in [6, 6.07) is 0. The standard InChI is InChI=1S/C13H12IN5OS/c1-18-11-9(4-15-18)12(17-10(16-11)2-3-21-14)19-5-13(6-19)7-20-8-13/h4H,5-8H2,1H3. The molecule has 1 spiro atoms. The molecular weight excluding hydrogens is 401 g/mol. The van der Waals surface area contributed by atoms with Crippen LogP contribution in [0.25, 0.3) is 11.0 Å². The first kappa shape index (κ1) is 13.6. The maximum Gasteiger partial charge on any atom is 0.209 e. The number of hydrogen-bond acceptors (Lipinski definition) is 6. The fraction of sp³-hybridized carbons (Fsp3) is 0.462. The fourth-order valence-electron chi connectivity index (χ4n) is 2.86. The summed E-state index contributed by atoms with van der Waals surface area (Å²) < 4.78 is 7.10.